The molecule has 0 amide bonds. The molecule has 6 heteroatoms. The Morgan fingerprint density at radius 3 is 2.92 bits per heavy atom. The third-order valence-electron chi connectivity index (χ3n) is 1.35. The van der Waals surface area contributed by atoms with E-state index in [1.54, 1.807) is 10.9 Å². The summed E-state index contributed by atoms with van der Waals surface area (Å²) >= 11 is 1.99. The third kappa shape index (κ3) is 1.33. The molecule has 0 radical (unpaired) electrons. The Hall–Kier alpha value is -0.920. The molecule has 0 spiro atoms. The minimum atomic E-state index is 0.507. The predicted molar refractivity (Wildman–Crippen MR) is 49.2 cm³/mol. The highest BCUT2D eigenvalue weighted by Crippen LogP contribution is 2.15. The summed E-state index contributed by atoms with van der Waals surface area (Å²) in [6.45, 7) is 0. The SMILES string of the molecule is Cn1cc(-c2nc(I)no2)cn1. The number of hydrogen-bond donors (Lipinski definition) is 0. The molecule has 12 heavy (non-hydrogen) atoms. The van der Waals surface area contributed by atoms with Crippen molar-refractivity contribution in [3.05, 3.63) is 16.2 Å². The Bertz CT molecular complexity index is 355. The van der Waals surface area contributed by atoms with Crippen LogP contribution >= 0.6 is 22.6 Å². The summed E-state index contributed by atoms with van der Waals surface area (Å²) in [7, 11) is 1.84. The van der Waals surface area contributed by atoms with Gasteiger partial charge in [0.05, 0.1) is 11.8 Å². The van der Waals surface area contributed by atoms with E-state index in [2.05, 4.69) is 15.2 Å². The normalized spacial score (nSPS) is 10.5. The van der Waals surface area contributed by atoms with Crippen LogP contribution in [0.4, 0.5) is 0 Å². The van der Waals surface area contributed by atoms with Gasteiger partial charge in [0.1, 0.15) is 0 Å². The fourth-order valence-corrected chi connectivity index (χ4v) is 1.17. The summed E-state index contributed by atoms with van der Waals surface area (Å²) < 4.78 is 7.23. The van der Waals surface area contributed by atoms with Gasteiger partial charge in [0.15, 0.2) is 0 Å². The standard InChI is InChI=1S/C6H5IN4O/c1-11-3-4(2-8-11)5-9-6(7)10-12-5/h2-3H,1H3. The van der Waals surface area contributed by atoms with E-state index < -0.39 is 0 Å². The van der Waals surface area contributed by atoms with Gasteiger partial charge in [-0.1, -0.05) is 5.16 Å². The Morgan fingerprint density at radius 1 is 1.58 bits per heavy atom. The Morgan fingerprint density at radius 2 is 2.42 bits per heavy atom. The maximum Gasteiger partial charge on any atom is 0.261 e. The van der Waals surface area contributed by atoms with Crippen LogP contribution in [-0.4, -0.2) is 19.9 Å². The number of rotatable bonds is 1. The van der Waals surface area contributed by atoms with Crippen LogP contribution in [0.15, 0.2) is 16.9 Å². The average Bonchev–Trinajstić information content (AvgIpc) is 2.58. The highest BCUT2D eigenvalue weighted by Gasteiger charge is 2.07. The van der Waals surface area contributed by atoms with Crippen molar-refractivity contribution in [2.24, 2.45) is 7.05 Å². The monoisotopic (exact) mass is 276 g/mol. The zero-order valence-electron chi connectivity index (χ0n) is 6.23. The lowest BCUT2D eigenvalue weighted by Crippen LogP contribution is -1.84. The molecule has 0 saturated carbocycles. The summed E-state index contributed by atoms with van der Waals surface area (Å²) in [6, 6.07) is 0. The molecule has 2 aromatic heterocycles. The van der Waals surface area contributed by atoms with Gasteiger partial charge in [0, 0.05) is 35.8 Å². The van der Waals surface area contributed by atoms with Gasteiger partial charge >= 0.3 is 0 Å². The number of aryl methyl sites for hydroxylation is 1. The molecule has 2 rings (SSSR count). The van der Waals surface area contributed by atoms with Crippen molar-refractivity contribution in [1.29, 1.82) is 0 Å². The van der Waals surface area contributed by atoms with Gasteiger partial charge in [-0.05, 0) is 0 Å². The smallest absolute Gasteiger partial charge is 0.261 e. The van der Waals surface area contributed by atoms with Gasteiger partial charge in [0.2, 0.25) is 3.83 Å². The molecule has 2 aromatic rings. The van der Waals surface area contributed by atoms with Gasteiger partial charge in [-0.3, -0.25) is 4.68 Å². The molecule has 0 aliphatic rings. The molecular weight excluding hydrogens is 271 g/mol. The van der Waals surface area contributed by atoms with Crippen molar-refractivity contribution in [1.82, 2.24) is 19.9 Å². The largest absolute Gasteiger partial charge is 0.333 e. The van der Waals surface area contributed by atoms with E-state index in [0.717, 1.165) is 5.56 Å². The molecule has 2 heterocycles. The maximum absolute atomic E-state index is 4.94. The van der Waals surface area contributed by atoms with Gasteiger partial charge in [-0.2, -0.15) is 10.1 Å². The first-order chi connectivity index (χ1) is 5.75. The molecule has 0 N–H and O–H groups in total. The van der Waals surface area contributed by atoms with Crippen LogP contribution in [0.1, 0.15) is 0 Å². The Labute approximate surface area is 81.9 Å². The first-order valence-corrected chi connectivity index (χ1v) is 4.32. The molecule has 0 aliphatic carbocycles. The van der Waals surface area contributed by atoms with Crippen LogP contribution in [0.5, 0.6) is 0 Å². The van der Waals surface area contributed by atoms with E-state index in [0.29, 0.717) is 9.72 Å². The topological polar surface area (TPSA) is 56.7 Å². The van der Waals surface area contributed by atoms with Gasteiger partial charge in [-0.25, -0.2) is 0 Å². The van der Waals surface area contributed by atoms with Crippen LogP contribution in [0.2, 0.25) is 0 Å². The quantitative estimate of drug-likeness (QED) is 0.731. The second-order valence-electron chi connectivity index (χ2n) is 2.27. The summed E-state index contributed by atoms with van der Waals surface area (Å²) in [5, 5.41) is 7.65. The van der Waals surface area contributed by atoms with Crippen molar-refractivity contribution in [3.63, 3.8) is 0 Å². The van der Waals surface area contributed by atoms with Crippen molar-refractivity contribution in [2.75, 3.05) is 0 Å². The van der Waals surface area contributed by atoms with Crippen LogP contribution in [-0.2, 0) is 7.05 Å². The molecule has 0 fully saturated rings. The van der Waals surface area contributed by atoms with Crippen LogP contribution in [0, 0.1) is 3.83 Å². The summed E-state index contributed by atoms with van der Waals surface area (Å²) in [5.41, 5.74) is 0.841. The van der Waals surface area contributed by atoms with E-state index in [1.165, 1.54) is 0 Å². The van der Waals surface area contributed by atoms with Gasteiger partial charge in [0.25, 0.3) is 5.89 Å². The summed E-state index contributed by atoms with van der Waals surface area (Å²) in [5.74, 6) is 0.507. The van der Waals surface area contributed by atoms with Gasteiger partial charge < -0.3 is 4.52 Å². The van der Waals surface area contributed by atoms with Gasteiger partial charge in [-0.15, -0.1) is 0 Å². The fraction of sp³-hybridized carbons (Fsp3) is 0.167. The maximum atomic E-state index is 4.94. The van der Waals surface area contributed by atoms with E-state index in [1.807, 2.05) is 35.8 Å². The second-order valence-corrected chi connectivity index (χ2v) is 3.24. The molecule has 0 saturated heterocycles. The second kappa shape index (κ2) is 2.85. The van der Waals surface area contributed by atoms with Crippen molar-refractivity contribution in [3.8, 4) is 11.5 Å². The zero-order valence-corrected chi connectivity index (χ0v) is 8.39. The number of nitrogens with zero attached hydrogens (tertiary/aromatic N) is 4. The zero-order chi connectivity index (χ0) is 8.55. The Balaban J connectivity index is 2.43. The summed E-state index contributed by atoms with van der Waals surface area (Å²) in [4.78, 5) is 4.05. The van der Waals surface area contributed by atoms with E-state index in [9.17, 15) is 0 Å². The molecule has 62 valence electrons. The first kappa shape index (κ1) is 7.71. The van der Waals surface area contributed by atoms with Crippen molar-refractivity contribution < 1.29 is 4.52 Å². The Kier molecular flexibility index (Phi) is 1.83. The molecular formula is C6H5IN4O. The lowest BCUT2D eigenvalue weighted by atomic mass is 10.4. The van der Waals surface area contributed by atoms with Crippen LogP contribution in [0.25, 0.3) is 11.5 Å². The first-order valence-electron chi connectivity index (χ1n) is 3.24. The minimum absolute atomic E-state index is 0.507. The van der Waals surface area contributed by atoms with Crippen molar-refractivity contribution >= 4 is 22.6 Å². The molecule has 0 bridgehead atoms. The highest BCUT2D eigenvalue weighted by atomic mass is 127. The van der Waals surface area contributed by atoms with E-state index >= 15 is 0 Å². The number of halogens is 1. The number of hydrogen-bond acceptors (Lipinski definition) is 4. The molecule has 5 nitrogen and oxygen atoms in total. The molecule has 0 unspecified atom stereocenters. The molecule has 0 aliphatic heterocycles. The van der Waals surface area contributed by atoms with Crippen molar-refractivity contribution in [2.45, 2.75) is 0 Å². The van der Waals surface area contributed by atoms with Crippen LogP contribution in [0.3, 0.4) is 0 Å². The lowest BCUT2D eigenvalue weighted by molar-refractivity contribution is 0.426. The van der Waals surface area contributed by atoms with Crippen LogP contribution < -0.4 is 0 Å². The highest BCUT2D eigenvalue weighted by molar-refractivity contribution is 14.1. The van der Waals surface area contributed by atoms with E-state index in [-0.39, 0.29) is 0 Å². The minimum Gasteiger partial charge on any atom is -0.333 e. The summed E-state index contributed by atoms with van der Waals surface area (Å²) in [6.07, 6.45) is 3.51. The lowest BCUT2D eigenvalue weighted by Gasteiger charge is -1.82. The average molecular weight is 276 g/mol. The third-order valence-corrected chi connectivity index (χ3v) is 1.79. The number of aromatic nitrogens is 4. The predicted octanol–water partition coefficient (Wildman–Crippen LogP) is 1.07. The fourth-order valence-electron chi connectivity index (χ4n) is 0.854. The molecule has 0 atom stereocenters. The van der Waals surface area contributed by atoms with E-state index in [4.69, 9.17) is 4.52 Å². The molecule has 0 aromatic carbocycles.